The standard InChI is InChI=1S/C34H43N5O2.ClH/c40-33(24-28-10-7-9-27-8-1-2-11-30(27)28)38-22-14-26(15-23-38)25-35-18-5-6-19-37-20-16-29(17-21-37)39-32-13-4-3-12-31(32)36-34(39)41;/h1-4,7-13,26,29,35H,5-6,14-25H2,(H,36,41);1H. The molecule has 2 aliphatic rings. The molecule has 2 fully saturated rings. The molecule has 2 N–H and O–H groups in total. The zero-order valence-corrected chi connectivity index (χ0v) is 25.3. The van der Waals surface area contributed by atoms with Gasteiger partial charge in [0.1, 0.15) is 0 Å². The molecule has 2 saturated heterocycles. The molecule has 3 heterocycles. The van der Waals surface area contributed by atoms with Crippen LogP contribution in [0.1, 0.15) is 50.1 Å². The molecular formula is C34H44ClN5O2. The number of H-pyrrole nitrogens is 1. The minimum absolute atomic E-state index is 0. The summed E-state index contributed by atoms with van der Waals surface area (Å²) in [7, 11) is 0. The first-order valence-corrected chi connectivity index (χ1v) is 15.5. The Kier molecular flexibility index (Phi) is 10.4. The number of nitrogens with zero attached hydrogens (tertiary/aromatic N) is 3. The van der Waals surface area contributed by atoms with Crippen molar-refractivity contribution >= 4 is 40.1 Å². The zero-order valence-electron chi connectivity index (χ0n) is 24.5. The average Bonchev–Trinajstić information content (AvgIpc) is 3.35. The fraction of sp³-hybridized carbons (Fsp3) is 0.471. The maximum Gasteiger partial charge on any atom is 0.326 e. The first-order chi connectivity index (χ1) is 20.2. The first-order valence-electron chi connectivity index (χ1n) is 15.5. The SMILES string of the molecule is Cl.O=C(Cc1cccc2ccccc12)N1CCC(CNCCCCN2CCC(n3c(=O)[nH]c4ccccc43)CC2)CC1. The van der Waals surface area contributed by atoms with Crippen molar-refractivity contribution in [2.24, 2.45) is 5.92 Å². The van der Waals surface area contributed by atoms with Gasteiger partial charge in [0.05, 0.1) is 17.5 Å². The minimum Gasteiger partial charge on any atom is -0.342 e. The first kappa shape index (κ1) is 30.3. The topological polar surface area (TPSA) is 73.4 Å². The molecule has 42 heavy (non-hydrogen) atoms. The summed E-state index contributed by atoms with van der Waals surface area (Å²) in [6.45, 7) is 7.10. The zero-order chi connectivity index (χ0) is 28.0. The highest BCUT2D eigenvalue weighted by Gasteiger charge is 2.24. The van der Waals surface area contributed by atoms with E-state index in [0.717, 1.165) is 88.1 Å². The van der Waals surface area contributed by atoms with Gasteiger partial charge in [-0.3, -0.25) is 9.36 Å². The molecule has 6 rings (SSSR count). The number of para-hydroxylation sites is 2. The van der Waals surface area contributed by atoms with Crippen molar-refractivity contribution in [3.8, 4) is 0 Å². The highest BCUT2D eigenvalue weighted by Crippen LogP contribution is 2.25. The second kappa shape index (κ2) is 14.4. The predicted octanol–water partition coefficient (Wildman–Crippen LogP) is 5.39. The van der Waals surface area contributed by atoms with E-state index in [1.165, 1.54) is 23.6 Å². The number of halogens is 1. The number of likely N-dealkylation sites (tertiary alicyclic amines) is 2. The van der Waals surface area contributed by atoms with Gasteiger partial charge in [0.2, 0.25) is 5.91 Å². The van der Waals surface area contributed by atoms with Crippen molar-refractivity contribution in [1.29, 1.82) is 0 Å². The molecule has 8 heteroatoms. The number of piperidine rings is 2. The highest BCUT2D eigenvalue weighted by atomic mass is 35.5. The number of hydrogen-bond donors (Lipinski definition) is 2. The van der Waals surface area contributed by atoms with Crippen molar-refractivity contribution in [2.45, 2.75) is 51.0 Å². The van der Waals surface area contributed by atoms with Crippen molar-refractivity contribution in [1.82, 2.24) is 24.7 Å². The van der Waals surface area contributed by atoms with Crippen molar-refractivity contribution in [3.63, 3.8) is 0 Å². The van der Waals surface area contributed by atoms with Crippen LogP contribution >= 0.6 is 12.4 Å². The molecule has 0 radical (unpaired) electrons. The van der Waals surface area contributed by atoms with E-state index in [9.17, 15) is 9.59 Å². The van der Waals surface area contributed by atoms with Crippen LogP contribution in [0.4, 0.5) is 0 Å². The van der Waals surface area contributed by atoms with E-state index in [1.807, 2.05) is 34.9 Å². The lowest BCUT2D eigenvalue weighted by atomic mass is 9.95. The number of hydrogen-bond acceptors (Lipinski definition) is 4. The molecule has 7 nitrogen and oxygen atoms in total. The smallest absolute Gasteiger partial charge is 0.326 e. The van der Waals surface area contributed by atoms with Crippen LogP contribution in [0.3, 0.4) is 0 Å². The summed E-state index contributed by atoms with van der Waals surface area (Å²) in [5.74, 6) is 0.911. The van der Waals surface area contributed by atoms with Gasteiger partial charge < -0.3 is 20.1 Å². The Labute approximate surface area is 254 Å². The Balaban J connectivity index is 0.00000353. The van der Waals surface area contributed by atoms with Gasteiger partial charge in [-0.1, -0.05) is 54.6 Å². The third-order valence-corrected chi connectivity index (χ3v) is 9.25. The van der Waals surface area contributed by atoms with Gasteiger partial charge in [-0.25, -0.2) is 4.79 Å². The average molecular weight is 590 g/mol. The number of carbonyl (C=O) groups excluding carboxylic acids is 1. The van der Waals surface area contributed by atoms with E-state index in [0.29, 0.717) is 12.3 Å². The number of aromatic amines is 1. The number of nitrogens with one attached hydrogen (secondary N) is 2. The van der Waals surface area contributed by atoms with Gasteiger partial charge in [0.25, 0.3) is 0 Å². The predicted molar refractivity (Wildman–Crippen MR) is 174 cm³/mol. The summed E-state index contributed by atoms with van der Waals surface area (Å²) in [4.78, 5) is 33.2. The molecule has 0 atom stereocenters. The molecule has 0 aliphatic carbocycles. The normalized spacial score (nSPS) is 17.1. The number of imidazole rings is 1. The molecule has 2 aliphatic heterocycles. The lowest BCUT2D eigenvalue weighted by Gasteiger charge is -2.33. The summed E-state index contributed by atoms with van der Waals surface area (Å²) in [6, 6.07) is 22.9. The monoisotopic (exact) mass is 589 g/mol. The van der Waals surface area contributed by atoms with Crippen molar-refractivity contribution in [2.75, 3.05) is 45.8 Å². The van der Waals surface area contributed by atoms with Gasteiger partial charge in [0.15, 0.2) is 0 Å². The number of benzene rings is 3. The maximum atomic E-state index is 13.0. The summed E-state index contributed by atoms with van der Waals surface area (Å²) in [5.41, 5.74) is 3.11. The van der Waals surface area contributed by atoms with Crippen molar-refractivity contribution < 1.29 is 4.79 Å². The minimum atomic E-state index is 0. The summed E-state index contributed by atoms with van der Waals surface area (Å²) in [5, 5.41) is 6.07. The Bertz CT molecular complexity index is 1510. The van der Waals surface area contributed by atoms with Gasteiger partial charge in [-0.05, 0) is 92.5 Å². The third kappa shape index (κ3) is 7.08. The van der Waals surface area contributed by atoms with Crippen LogP contribution in [0.5, 0.6) is 0 Å². The van der Waals surface area contributed by atoms with Gasteiger partial charge in [-0.2, -0.15) is 0 Å². The Hall–Kier alpha value is -3.13. The number of amides is 1. The van der Waals surface area contributed by atoms with Gasteiger partial charge >= 0.3 is 5.69 Å². The van der Waals surface area contributed by atoms with E-state index in [4.69, 9.17) is 0 Å². The van der Waals surface area contributed by atoms with Crippen LogP contribution in [0, 0.1) is 5.92 Å². The van der Waals surface area contributed by atoms with Crippen LogP contribution in [0.2, 0.25) is 0 Å². The molecule has 1 aromatic heterocycles. The number of carbonyl (C=O) groups is 1. The second-order valence-corrected chi connectivity index (χ2v) is 11.9. The van der Waals surface area contributed by atoms with Crippen LogP contribution in [0.25, 0.3) is 21.8 Å². The number of aromatic nitrogens is 2. The molecule has 0 saturated carbocycles. The molecule has 0 unspecified atom stereocenters. The number of rotatable bonds is 10. The van der Waals surface area contributed by atoms with E-state index in [1.54, 1.807) is 0 Å². The molecular weight excluding hydrogens is 546 g/mol. The van der Waals surface area contributed by atoms with Crippen LogP contribution in [-0.2, 0) is 11.2 Å². The van der Waals surface area contributed by atoms with E-state index < -0.39 is 0 Å². The lowest BCUT2D eigenvalue weighted by Crippen LogP contribution is -2.41. The fourth-order valence-electron chi connectivity index (χ4n) is 6.84. The maximum absolute atomic E-state index is 13.0. The molecule has 4 aromatic rings. The number of fused-ring (bicyclic) bond motifs is 2. The Morgan fingerprint density at radius 1 is 0.857 bits per heavy atom. The summed E-state index contributed by atoms with van der Waals surface area (Å²) in [6.07, 6.45) is 7.11. The highest BCUT2D eigenvalue weighted by molar-refractivity contribution is 5.90. The van der Waals surface area contributed by atoms with E-state index in [2.05, 4.69) is 56.5 Å². The third-order valence-electron chi connectivity index (χ3n) is 9.25. The molecule has 224 valence electrons. The largest absolute Gasteiger partial charge is 0.342 e. The molecule has 3 aromatic carbocycles. The van der Waals surface area contributed by atoms with Crippen LogP contribution < -0.4 is 11.0 Å². The quantitative estimate of drug-likeness (QED) is 0.243. The molecule has 0 spiro atoms. The number of unbranched alkanes of at least 4 members (excludes halogenated alkanes) is 1. The summed E-state index contributed by atoms with van der Waals surface area (Å²) >= 11 is 0. The summed E-state index contributed by atoms with van der Waals surface area (Å²) < 4.78 is 1.97. The van der Waals surface area contributed by atoms with Crippen LogP contribution in [0.15, 0.2) is 71.5 Å². The molecule has 1 amide bonds. The van der Waals surface area contributed by atoms with Crippen molar-refractivity contribution in [3.05, 3.63) is 82.8 Å². The fourth-order valence-corrected chi connectivity index (χ4v) is 6.84. The Morgan fingerprint density at radius 2 is 1.60 bits per heavy atom. The van der Waals surface area contributed by atoms with E-state index in [-0.39, 0.29) is 30.0 Å². The second-order valence-electron chi connectivity index (χ2n) is 11.9. The van der Waals surface area contributed by atoms with Crippen LogP contribution in [-0.4, -0.2) is 71.1 Å². The lowest BCUT2D eigenvalue weighted by molar-refractivity contribution is -0.131. The van der Waals surface area contributed by atoms with Gasteiger partial charge in [0, 0.05) is 32.2 Å². The van der Waals surface area contributed by atoms with Gasteiger partial charge in [-0.15, -0.1) is 12.4 Å². The van der Waals surface area contributed by atoms with E-state index >= 15 is 0 Å². The Morgan fingerprint density at radius 3 is 2.43 bits per heavy atom. The molecule has 0 bridgehead atoms.